The standard InChI is InChI=1S/C20H19ClN2O.ClH/c21-19-4-1-3-18(15-19)6-5-17-7-9-20(10-8-17)24-14-2-12-23-13-11-22-16-23;/h1,3-11,13,15-16H,2,12,14H2;1H. The normalized spacial score (nSPS) is 10.6. The van der Waals surface area contributed by atoms with Crippen LogP contribution in [-0.2, 0) is 6.54 Å². The van der Waals surface area contributed by atoms with Crippen molar-refractivity contribution in [2.75, 3.05) is 6.61 Å². The van der Waals surface area contributed by atoms with Gasteiger partial charge in [-0.15, -0.1) is 12.4 Å². The van der Waals surface area contributed by atoms with Gasteiger partial charge in [-0.3, -0.25) is 0 Å². The Labute approximate surface area is 159 Å². The van der Waals surface area contributed by atoms with Crippen molar-refractivity contribution in [3.63, 3.8) is 0 Å². The Bertz CT molecular complexity index is 784. The molecule has 0 saturated carbocycles. The summed E-state index contributed by atoms with van der Waals surface area (Å²) in [5.74, 6) is 0.889. The van der Waals surface area contributed by atoms with E-state index < -0.39 is 0 Å². The lowest BCUT2D eigenvalue weighted by molar-refractivity contribution is 0.302. The highest BCUT2D eigenvalue weighted by molar-refractivity contribution is 6.30. The second kappa shape index (κ2) is 9.92. The van der Waals surface area contributed by atoms with Gasteiger partial charge in [0.15, 0.2) is 0 Å². The molecule has 0 N–H and O–H groups in total. The molecule has 0 saturated heterocycles. The zero-order chi connectivity index (χ0) is 16.6. The minimum atomic E-state index is 0. The summed E-state index contributed by atoms with van der Waals surface area (Å²) in [7, 11) is 0. The fourth-order valence-electron chi connectivity index (χ4n) is 2.33. The third-order valence-electron chi connectivity index (χ3n) is 3.59. The number of rotatable bonds is 7. The highest BCUT2D eigenvalue weighted by atomic mass is 35.5. The van der Waals surface area contributed by atoms with Crippen LogP contribution in [0.3, 0.4) is 0 Å². The molecule has 130 valence electrons. The van der Waals surface area contributed by atoms with Gasteiger partial charge in [0.05, 0.1) is 12.9 Å². The van der Waals surface area contributed by atoms with E-state index in [0.29, 0.717) is 6.61 Å². The van der Waals surface area contributed by atoms with Gasteiger partial charge < -0.3 is 9.30 Å². The van der Waals surface area contributed by atoms with Crippen LogP contribution in [0.4, 0.5) is 0 Å². The van der Waals surface area contributed by atoms with Crippen LogP contribution >= 0.6 is 24.0 Å². The van der Waals surface area contributed by atoms with Crippen molar-refractivity contribution in [2.45, 2.75) is 13.0 Å². The third-order valence-corrected chi connectivity index (χ3v) is 3.82. The zero-order valence-electron chi connectivity index (χ0n) is 13.7. The minimum Gasteiger partial charge on any atom is -0.494 e. The van der Waals surface area contributed by atoms with Gasteiger partial charge in [-0.1, -0.05) is 48.0 Å². The van der Waals surface area contributed by atoms with Crippen LogP contribution in [-0.4, -0.2) is 16.2 Å². The Hall–Kier alpha value is -2.23. The van der Waals surface area contributed by atoms with Crippen molar-refractivity contribution >= 4 is 36.2 Å². The molecule has 3 rings (SSSR count). The van der Waals surface area contributed by atoms with Crippen LogP contribution in [0.1, 0.15) is 17.5 Å². The van der Waals surface area contributed by atoms with E-state index in [1.54, 1.807) is 6.20 Å². The van der Waals surface area contributed by atoms with Gasteiger partial charge in [0.2, 0.25) is 0 Å². The quantitative estimate of drug-likeness (QED) is 0.397. The second-order valence-electron chi connectivity index (χ2n) is 5.46. The Morgan fingerprint density at radius 2 is 1.84 bits per heavy atom. The third kappa shape index (κ3) is 6.29. The Kier molecular flexibility index (Phi) is 7.58. The lowest BCUT2D eigenvalue weighted by Gasteiger charge is -2.06. The number of halogens is 2. The molecule has 2 aromatic carbocycles. The van der Waals surface area contributed by atoms with Gasteiger partial charge in [0, 0.05) is 24.0 Å². The Morgan fingerprint density at radius 1 is 1.04 bits per heavy atom. The summed E-state index contributed by atoms with van der Waals surface area (Å²) in [6.45, 7) is 1.61. The van der Waals surface area contributed by atoms with Gasteiger partial charge in [-0.25, -0.2) is 4.98 Å². The van der Waals surface area contributed by atoms with E-state index in [-0.39, 0.29) is 12.4 Å². The molecule has 1 aromatic heterocycles. The number of imidazole rings is 1. The van der Waals surface area contributed by atoms with Crippen molar-refractivity contribution in [3.05, 3.63) is 83.4 Å². The zero-order valence-corrected chi connectivity index (χ0v) is 15.3. The molecule has 0 unspecified atom stereocenters. The smallest absolute Gasteiger partial charge is 0.119 e. The molecule has 0 aliphatic rings. The maximum atomic E-state index is 5.99. The lowest BCUT2D eigenvalue weighted by atomic mass is 10.1. The lowest BCUT2D eigenvalue weighted by Crippen LogP contribution is -2.02. The molecule has 0 fully saturated rings. The molecule has 1 heterocycles. The molecule has 0 amide bonds. The molecule has 0 aliphatic carbocycles. The van der Waals surface area contributed by atoms with E-state index in [4.69, 9.17) is 16.3 Å². The van der Waals surface area contributed by atoms with Crippen molar-refractivity contribution in [2.24, 2.45) is 0 Å². The van der Waals surface area contributed by atoms with Crippen LogP contribution in [0, 0.1) is 0 Å². The molecule has 0 bridgehead atoms. The molecular formula is C20H20Cl2N2O. The first kappa shape index (κ1) is 19.1. The second-order valence-corrected chi connectivity index (χ2v) is 5.90. The number of nitrogens with zero attached hydrogens (tertiary/aromatic N) is 2. The predicted octanol–water partition coefficient (Wildman–Crippen LogP) is 5.60. The maximum Gasteiger partial charge on any atom is 0.119 e. The highest BCUT2D eigenvalue weighted by Crippen LogP contribution is 2.16. The minimum absolute atomic E-state index is 0. The van der Waals surface area contributed by atoms with Crippen molar-refractivity contribution in [3.8, 4) is 5.75 Å². The molecule has 3 nitrogen and oxygen atoms in total. The van der Waals surface area contributed by atoms with E-state index in [1.807, 2.05) is 71.7 Å². The number of hydrogen-bond donors (Lipinski definition) is 0. The van der Waals surface area contributed by atoms with E-state index in [1.165, 1.54) is 0 Å². The number of aryl methyl sites for hydroxylation is 1. The number of benzene rings is 2. The summed E-state index contributed by atoms with van der Waals surface area (Å²) in [6, 6.07) is 15.9. The summed E-state index contributed by atoms with van der Waals surface area (Å²) in [4.78, 5) is 4.02. The van der Waals surface area contributed by atoms with Crippen LogP contribution in [0.25, 0.3) is 12.2 Å². The molecule has 0 radical (unpaired) electrons. The topological polar surface area (TPSA) is 27.1 Å². The number of ether oxygens (including phenoxy) is 1. The molecule has 5 heteroatoms. The van der Waals surface area contributed by atoms with Gasteiger partial charge in [-0.05, 0) is 41.8 Å². The van der Waals surface area contributed by atoms with Crippen molar-refractivity contribution in [1.82, 2.24) is 9.55 Å². The average molecular weight is 375 g/mol. The van der Waals surface area contributed by atoms with Crippen molar-refractivity contribution < 1.29 is 4.74 Å². The van der Waals surface area contributed by atoms with E-state index in [9.17, 15) is 0 Å². The number of aromatic nitrogens is 2. The summed E-state index contributed by atoms with van der Waals surface area (Å²) >= 11 is 5.99. The number of hydrogen-bond acceptors (Lipinski definition) is 2. The maximum absolute atomic E-state index is 5.99. The summed E-state index contributed by atoms with van der Waals surface area (Å²) in [5, 5.41) is 0.747. The molecule has 25 heavy (non-hydrogen) atoms. The summed E-state index contributed by atoms with van der Waals surface area (Å²) < 4.78 is 7.81. The highest BCUT2D eigenvalue weighted by Gasteiger charge is 1.96. The summed E-state index contributed by atoms with van der Waals surface area (Å²) in [5.41, 5.74) is 2.21. The largest absolute Gasteiger partial charge is 0.494 e. The molecule has 0 atom stereocenters. The van der Waals surface area contributed by atoms with E-state index in [0.717, 1.165) is 34.9 Å². The van der Waals surface area contributed by atoms with Gasteiger partial charge in [0.25, 0.3) is 0 Å². The van der Waals surface area contributed by atoms with Crippen molar-refractivity contribution in [1.29, 1.82) is 0 Å². The van der Waals surface area contributed by atoms with Crippen LogP contribution in [0.2, 0.25) is 5.02 Å². The first-order chi connectivity index (χ1) is 11.8. The Balaban J connectivity index is 0.00000225. The van der Waals surface area contributed by atoms with E-state index in [2.05, 4.69) is 11.1 Å². The molecule has 3 aromatic rings. The van der Waals surface area contributed by atoms with Gasteiger partial charge in [-0.2, -0.15) is 0 Å². The first-order valence-electron chi connectivity index (χ1n) is 7.92. The SMILES string of the molecule is Cl.Clc1cccc(C=Cc2ccc(OCCCn3ccnc3)cc2)c1. The predicted molar refractivity (Wildman–Crippen MR) is 106 cm³/mol. The van der Waals surface area contributed by atoms with E-state index >= 15 is 0 Å². The molecule has 0 aliphatic heterocycles. The molecular weight excluding hydrogens is 355 g/mol. The van der Waals surface area contributed by atoms with Crippen LogP contribution < -0.4 is 4.74 Å². The average Bonchev–Trinajstić information content (AvgIpc) is 3.11. The Morgan fingerprint density at radius 3 is 2.56 bits per heavy atom. The van der Waals surface area contributed by atoms with Crippen LogP contribution in [0.5, 0.6) is 5.75 Å². The fourth-order valence-corrected chi connectivity index (χ4v) is 2.53. The monoisotopic (exact) mass is 374 g/mol. The van der Waals surface area contributed by atoms with Gasteiger partial charge >= 0.3 is 0 Å². The van der Waals surface area contributed by atoms with Gasteiger partial charge in [0.1, 0.15) is 5.75 Å². The first-order valence-corrected chi connectivity index (χ1v) is 8.30. The summed E-state index contributed by atoms with van der Waals surface area (Å²) in [6.07, 6.45) is 10.6. The van der Waals surface area contributed by atoms with Crippen LogP contribution in [0.15, 0.2) is 67.3 Å². The fraction of sp³-hybridized carbons (Fsp3) is 0.150. The molecule has 0 spiro atoms.